The maximum atomic E-state index is 4.57. The molecule has 2 saturated carbocycles. The van der Waals surface area contributed by atoms with Crippen molar-refractivity contribution in [2.45, 2.75) is 44.4 Å². The van der Waals surface area contributed by atoms with Crippen molar-refractivity contribution in [2.75, 3.05) is 0 Å². The van der Waals surface area contributed by atoms with Gasteiger partial charge in [-0.15, -0.1) is 0 Å². The van der Waals surface area contributed by atoms with Gasteiger partial charge in [0, 0.05) is 11.8 Å². The molecule has 1 aromatic rings. The molecule has 1 aromatic heterocycles. The van der Waals surface area contributed by atoms with Crippen molar-refractivity contribution in [3.63, 3.8) is 0 Å². The van der Waals surface area contributed by atoms with Crippen LogP contribution in [-0.4, -0.2) is 15.2 Å². The molecular weight excluding hydrogens is 162 g/mol. The summed E-state index contributed by atoms with van der Waals surface area (Å²) in [7, 11) is 0. The quantitative estimate of drug-likeness (QED) is 0.769. The highest BCUT2D eigenvalue weighted by Crippen LogP contribution is 2.48. The van der Waals surface area contributed by atoms with Crippen LogP contribution < -0.4 is 0 Å². The lowest BCUT2D eigenvalue weighted by atomic mass is 10.2. The van der Waals surface area contributed by atoms with Crippen molar-refractivity contribution in [2.24, 2.45) is 5.92 Å². The van der Waals surface area contributed by atoms with Gasteiger partial charge in [0.25, 0.3) is 0 Å². The van der Waals surface area contributed by atoms with Crippen LogP contribution in [0.15, 0.2) is 0 Å². The minimum Gasteiger partial charge on any atom is -0.263 e. The first-order valence-electron chi connectivity index (χ1n) is 5.30. The Morgan fingerprint density at radius 1 is 1.46 bits per heavy atom. The molecule has 2 aliphatic rings. The van der Waals surface area contributed by atoms with E-state index in [-0.39, 0.29) is 0 Å². The van der Waals surface area contributed by atoms with E-state index >= 15 is 0 Å². The van der Waals surface area contributed by atoms with Gasteiger partial charge >= 0.3 is 0 Å². The van der Waals surface area contributed by atoms with E-state index < -0.39 is 0 Å². The average molecular weight is 177 g/mol. The molecular formula is C10H15N3. The topological polar surface area (TPSA) is 41.6 Å². The number of H-pyrrole nitrogens is 1. The van der Waals surface area contributed by atoms with E-state index in [1.54, 1.807) is 0 Å². The summed E-state index contributed by atoms with van der Waals surface area (Å²) in [6.45, 7) is 2.25. The van der Waals surface area contributed by atoms with Gasteiger partial charge in [-0.1, -0.05) is 13.3 Å². The summed E-state index contributed by atoms with van der Waals surface area (Å²) in [5, 5.41) is 7.36. The van der Waals surface area contributed by atoms with Crippen LogP contribution in [0, 0.1) is 5.92 Å². The number of aromatic nitrogens is 3. The molecule has 0 aromatic carbocycles. The molecule has 1 N–H and O–H groups in total. The fourth-order valence-electron chi connectivity index (χ4n) is 2.01. The lowest BCUT2D eigenvalue weighted by Crippen LogP contribution is -1.86. The molecule has 0 bridgehead atoms. The molecule has 2 aliphatic carbocycles. The van der Waals surface area contributed by atoms with Crippen LogP contribution in [0.4, 0.5) is 0 Å². The zero-order valence-corrected chi connectivity index (χ0v) is 7.95. The van der Waals surface area contributed by atoms with Crippen LogP contribution in [0.5, 0.6) is 0 Å². The van der Waals surface area contributed by atoms with Crippen LogP contribution in [-0.2, 0) is 0 Å². The van der Waals surface area contributed by atoms with E-state index in [0.29, 0.717) is 11.8 Å². The van der Waals surface area contributed by atoms with Crippen LogP contribution in [0.2, 0.25) is 0 Å². The van der Waals surface area contributed by atoms with Gasteiger partial charge in [-0.3, -0.25) is 5.10 Å². The van der Waals surface area contributed by atoms with Gasteiger partial charge < -0.3 is 0 Å². The number of hydrogen-bond donors (Lipinski definition) is 1. The molecule has 2 unspecified atom stereocenters. The lowest BCUT2D eigenvalue weighted by molar-refractivity contribution is 0.744. The summed E-state index contributed by atoms with van der Waals surface area (Å²) in [6, 6.07) is 0. The maximum Gasteiger partial charge on any atom is 0.153 e. The number of nitrogens with one attached hydrogen (secondary N) is 1. The normalized spacial score (nSPS) is 32.1. The van der Waals surface area contributed by atoms with Crippen LogP contribution in [0.3, 0.4) is 0 Å². The summed E-state index contributed by atoms with van der Waals surface area (Å²) < 4.78 is 0. The Balaban J connectivity index is 1.75. The minimum atomic E-state index is 0.684. The molecule has 2 atom stereocenters. The summed E-state index contributed by atoms with van der Waals surface area (Å²) in [4.78, 5) is 4.57. The third kappa shape index (κ3) is 1.26. The third-order valence-corrected chi connectivity index (χ3v) is 3.26. The first-order chi connectivity index (χ1) is 6.38. The molecule has 0 amide bonds. The van der Waals surface area contributed by atoms with Gasteiger partial charge in [0.05, 0.1) is 0 Å². The molecule has 3 rings (SSSR count). The van der Waals surface area contributed by atoms with Gasteiger partial charge in [0.15, 0.2) is 5.82 Å². The molecule has 1 heterocycles. The molecule has 0 aliphatic heterocycles. The summed E-state index contributed by atoms with van der Waals surface area (Å²) >= 11 is 0. The Morgan fingerprint density at radius 3 is 2.92 bits per heavy atom. The highest BCUT2D eigenvalue weighted by molar-refractivity contribution is 5.13. The first-order valence-corrected chi connectivity index (χ1v) is 5.30. The van der Waals surface area contributed by atoms with E-state index in [1.165, 1.54) is 25.7 Å². The van der Waals surface area contributed by atoms with E-state index in [4.69, 9.17) is 0 Å². The highest BCUT2D eigenvalue weighted by atomic mass is 15.2. The SMILES string of the molecule is CCC1CC1c1nc(C2CC2)n[nH]1. The predicted molar refractivity (Wildman–Crippen MR) is 49.5 cm³/mol. The summed E-state index contributed by atoms with van der Waals surface area (Å²) in [6.07, 6.45) is 5.18. The van der Waals surface area contributed by atoms with Gasteiger partial charge in [0.2, 0.25) is 0 Å². The summed E-state index contributed by atoms with van der Waals surface area (Å²) in [5.74, 6) is 4.47. The Hall–Kier alpha value is -0.860. The average Bonchev–Trinajstić information content (AvgIpc) is 3.06. The van der Waals surface area contributed by atoms with E-state index in [2.05, 4.69) is 22.1 Å². The van der Waals surface area contributed by atoms with Crippen molar-refractivity contribution in [3.8, 4) is 0 Å². The van der Waals surface area contributed by atoms with Crippen LogP contribution in [0.25, 0.3) is 0 Å². The first kappa shape index (κ1) is 7.54. The fraction of sp³-hybridized carbons (Fsp3) is 0.800. The Labute approximate surface area is 78.0 Å². The molecule has 2 fully saturated rings. The molecule has 3 nitrogen and oxygen atoms in total. The van der Waals surface area contributed by atoms with Crippen LogP contribution >= 0.6 is 0 Å². The van der Waals surface area contributed by atoms with Crippen molar-refractivity contribution in [3.05, 3.63) is 11.6 Å². The summed E-state index contributed by atoms with van der Waals surface area (Å²) in [5.41, 5.74) is 0. The molecule has 0 saturated heterocycles. The second kappa shape index (κ2) is 2.56. The second-order valence-electron chi connectivity index (χ2n) is 4.36. The zero-order chi connectivity index (χ0) is 8.84. The second-order valence-corrected chi connectivity index (χ2v) is 4.36. The Kier molecular flexibility index (Phi) is 1.49. The van der Waals surface area contributed by atoms with E-state index in [9.17, 15) is 0 Å². The minimum absolute atomic E-state index is 0.684. The Morgan fingerprint density at radius 2 is 2.31 bits per heavy atom. The van der Waals surface area contributed by atoms with E-state index in [0.717, 1.165) is 17.6 Å². The molecule has 3 heteroatoms. The zero-order valence-electron chi connectivity index (χ0n) is 7.95. The highest BCUT2D eigenvalue weighted by Gasteiger charge is 2.40. The largest absolute Gasteiger partial charge is 0.263 e. The van der Waals surface area contributed by atoms with Crippen molar-refractivity contribution >= 4 is 0 Å². The fourth-order valence-corrected chi connectivity index (χ4v) is 2.01. The van der Waals surface area contributed by atoms with Gasteiger partial charge in [0.1, 0.15) is 5.82 Å². The lowest BCUT2D eigenvalue weighted by Gasteiger charge is -1.89. The van der Waals surface area contributed by atoms with Crippen molar-refractivity contribution in [1.29, 1.82) is 0 Å². The third-order valence-electron chi connectivity index (χ3n) is 3.26. The molecule has 0 spiro atoms. The van der Waals surface area contributed by atoms with Crippen molar-refractivity contribution in [1.82, 2.24) is 15.2 Å². The number of hydrogen-bond acceptors (Lipinski definition) is 2. The Bertz CT molecular complexity index is 314. The number of rotatable bonds is 3. The maximum absolute atomic E-state index is 4.57. The van der Waals surface area contributed by atoms with Gasteiger partial charge in [-0.25, -0.2) is 4.98 Å². The number of nitrogens with zero attached hydrogens (tertiary/aromatic N) is 2. The van der Waals surface area contributed by atoms with Crippen molar-refractivity contribution < 1.29 is 0 Å². The standard InChI is InChI=1S/C10H15N3/c1-2-6-5-8(6)10-11-9(12-13-10)7-3-4-7/h6-8H,2-5H2,1H3,(H,11,12,13). The molecule has 0 radical (unpaired) electrons. The van der Waals surface area contributed by atoms with E-state index in [1.807, 2.05) is 0 Å². The van der Waals surface area contributed by atoms with Crippen LogP contribution in [0.1, 0.15) is 56.1 Å². The van der Waals surface area contributed by atoms with Gasteiger partial charge in [-0.2, -0.15) is 5.10 Å². The predicted octanol–water partition coefficient (Wildman–Crippen LogP) is 2.20. The smallest absolute Gasteiger partial charge is 0.153 e. The monoisotopic (exact) mass is 177 g/mol. The van der Waals surface area contributed by atoms with Gasteiger partial charge in [-0.05, 0) is 25.2 Å². The molecule has 13 heavy (non-hydrogen) atoms. The number of aromatic amines is 1. The molecule has 70 valence electrons.